The van der Waals surface area contributed by atoms with Gasteiger partial charge in [-0.15, -0.1) is 0 Å². The first-order chi connectivity index (χ1) is 16.0. The van der Waals surface area contributed by atoms with Crippen LogP contribution in [0.2, 0.25) is 10.0 Å². The smallest absolute Gasteiger partial charge is 0.321 e. The Kier molecular flexibility index (Phi) is 8.09. The summed E-state index contributed by atoms with van der Waals surface area (Å²) < 4.78 is 0. The monoisotopic (exact) mass is 489 g/mol. The Bertz CT molecular complexity index is 967. The highest BCUT2D eigenvalue weighted by Crippen LogP contribution is 2.25. The van der Waals surface area contributed by atoms with Crippen molar-refractivity contribution in [2.75, 3.05) is 57.7 Å². The van der Waals surface area contributed by atoms with Crippen molar-refractivity contribution in [2.45, 2.75) is 12.5 Å². The van der Waals surface area contributed by atoms with Crippen molar-refractivity contribution in [3.63, 3.8) is 0 Å². The zero-order valence-corrected chi connectivity index (χ0v) is 20.0. The van der Waals surface area contributed by atoms with Gasteiger partial charge >= 0.3 is 6.03 Å². The number of nitrogens with one attached hydrogen (secondary N) is 2. The Morgan fingerprint density at radius 2 is 1.67 bits per heavy atom. The van der Waals surface area contributed by atoms with Crippen molar-refractivity contribution in [3.8, 4) is 0 Å². The van der Waals surface area contributed by atoms with Gasteiger partial charge in [-0.25, -0.2) is 4.79 Å². The van der Waals surface area contributed by atoms with Crippen LogP contribution in [0.3, 0.4) is 0 Å². The molecule has 0 bridgehead atoms. The lowest BCUT2D eigenvalue weighted by Gasteiger charge is -2.39. The van der Waals surface area contributed by atoms with Crippen molar-refractivity contribution < 1.29 is 9.59 Å². The maximum absolute atomic E-state index is 13.1. The van der Waals surface area contributed by atoms with Crippen LogP contribution in [0.25, 0.3) is 0 Å². The summed E-state index contributed by atoms with van der Waals surface area (Å²) in [5, 5.41) is 7.05. The summed E-state index contributed by atoms with van der Waals surface area (Å²) in [6, 6.07) is 15.0. The first-order valence-electron chi connectivity index (χ1n) is 11.3. The zero-order valence-electron chi connectivity index (χ0n) is 18.5. The van der Waals surface area contributed by atoms with E-state index in [1.807, 2.05) is 11.0 Å². The number of carbonyl (C=O) groups excluding carboxylic acids is 2. The summed E-state index contributed by atoms with van der Waals surface area (Å²) in [6.45, 7) is 5.43. The SMILES string of the molecule is O=C(Nc1ccc(Cl)c(Cl)c1)N1CCN(C(=O)[C@H]2CN(CCc3ccccc3)CCN2)CC1. The topological polar surface area (TPSA) is 67.9 Å². The highest BCUT2D eigenvalue weighted by Gasteiger charge is 2.31. The number of hydrogen-bond donors (Lipinski definition) is 2. The number of rotatable bonds is 5. The van der Waals surface area contributed by atoms with Crippen molar-refractivity contribution in [1.29, 1.82) is 0 Å². The highest BCUT2D eigenvalue weighted by atomic mass is 35.5. The second kappa shape index (κ2) is 11.2. The number of carbonyl (C=O) groups is 2. The van der Waals surface area contributed by atoms with E-state index in [-0.39, 0.29) is 18.0 Å². The van der Waals surface area contributed by atoms with E-state index in [4.69, 9.17) is 23.2 Å². The van der Waals surface area contributed by atoms with Gasteiger partial charge < -0.3 is 20.4 Å². The van der Waals surface area contributed by atoms with Gasteiger partial charge in [-0.3, -0.25) is 9.69 Å². The van der Waals surface area contributed by atoms with E-state index in [0.717, 1.165) is 26.1 Å². The second-order valence-corrected chi connectivity index (χ2v) is 9.23. The molecule has 176 valence electrons. The van der Waals surface area contributed by atoms with Crippen LogP contribution in [0, 0.1) is 0 Å². The molecule has 2 N–H and O–H groups in total. The molecule has 0 spiro atoms. The number of nitrogens with zero attached hydrogens (tertiary/aromatic N) is 3. The zero-order chi connectivity index (χ0) is 23.2. The Morgan fingerprint density at radius 3 is 2.39 bits per heavy atom. The van der Waals surface area contributed by atoms with Gasteiger partial charge in [0, 0.05) is 58.0 Å². The molecule has 3 amide bonds. The molecule has 2 aromatic rings. The number of amides is 3. The number of urea groups is 1. The fraction of sp³-hybridized carbons (Fsp3) is 0.417. The Labute approximate surface area is 204 Å². The molecule has 1 atom stereocenters. The quantitative estimate of drug-likeness (QED) is 0.676. The van der Waals surface area contributed by atoms with E-state index in [9.17, 15) is 9.59 Å². The number of benzene rings is 2. The molecule has 0 aromatic heterocycles. The van der Waals surface area contributed by atoms with Gasteiger partial charge in [0.2, 0.25) is 5.91 Å². The number of piperazine rings is 2. The lowest BCUT2D eigenvalue weighted by molar-refractivity contribution is -0.136. The molecule has 2 saturated heterocycles. The summed E-state index contributed by atoms with van der Waals surface area (Å²) in [5.74, 6) is 0.115. The molecule has 2 heterocycles. The van der Waals surface area contributed by atoms with Crippen LogP contribution in [0.1, 0.15) is 5.56 Å². The van der Waals surface area contributed by atoms with E-state index in [1.54, 1.807) is 23.1 Å². The molecule has 9 heteroatoms. The third-order valence-electron chi connectivity index (χ3n) is 6.17. The lowest BCUT2D eigenvalue weighted by Crippen LogP contribution is -2.61. The Hall–Kier alpha value is -2.32. The van der Waals surface area contributed by atoms with E-state index < -0.39 is 0 Å². The molecule has 2 aliphatic rings. The van der Waals surface area contributed by atoms with Gasteiger partial charge in [-0.2, -0.15) is 0 Å². The van der Waals surface area contributed by atoms with E-state index in [2.05, 4.69) is 39.8 Å². The third kappa shape index (κ3) is 6.38. The molecule has 0 unspecified atom stereocenters. The second-order valence-electron chi connectivity index (χ2n) is 8.41. The molecule has 7 nitrogen and oxygen atoms in total. The van der Waals surface area contributed by atoms with Crippen LogP contribution >= 0.6 is 23.2 Å². The van der Waals surface area contributed by atoms with E-state index in [1.165, 1.54) is 5.56 Å². The van der Waals surface area contributed by atoms with Gasteiger partial charge in [0.25, 0.3) is 0 Å². The first-order valence-corrected chi connectivity index (χ1v) is 12.0. The van der Waals surface area contributed by atoms with Crippen LogP contribution < -0.4 is 10.6 Å². The van der Waals surface area contributed by atoms with Gasteiger partial charge in [-0.05, 0) is 30.2 Å². The Balaban J connectivity index is 1.23. The van der Waals surface area contributed by atoms with Crippen LogP contribution in [-0.4, -0.2) is 85.0 Å². The van der Waals surface area contributed by atoms with Crippen LogP contribution in [0.4, 0.5) is 10.5 Å². The predicted octanol–water partition coefficient (Wildman–Crippen LogP) is 3.19. The molecule has 0 aliphatic carbocycles. The largest absolute Gasteiger partial charge is 0.338 e. The molecule has 2 aromatic carbocycles. The van der Waals surface area contributed by atoms with E-state index in [0.29, 0.717) is 48.5 Å². The molecular weight excluding hydrogens is 461 g/mol. The van der Waals surface area contributed by atoms with Crippen molar-refractivity contribution >= 4 is 40.8 Å². The van der Waals surface area contributed by atoms with Gasteiger partial charge in [-0.1, -0.05) is 53.5 Å². The summed E-state index contributed by atoms with van der Waals surface area (Å²) >= 11 is 12.0. The Morgan fingerprint density at radius 1 is 0.939 bits per heavy atom. The number of halogens is 2. The average molecular weight is 490 g/mol. The lowest BCUT2D eigenvalue weighted by atomic mass is 10.1. The molecule has 0 radical (unpaired) electrons. The molecule has 4 rings (SSSR count). The van der Waals surface area contributed by atoms with Crippen molar-refractivity contribution in [3.05, 3.63) is 64.1 Å². The fourth-order valence-corrected chi connectivity index (χ4v) is 4.54. The minimum absolute atomic E-state index is 0.115. The van der Waals surface area contributed by atoms with Crippen LogP contribution in [0.5, 0.6) is 0 Å². The molecule has 2 fully saturated rings. The standard InChI is InChI=1S/C24H29Cl2N5O2/c25-20-7-6-19(16-21(20)26)28-24(33)31-14-12-30(13-15-31)23(32)22-17-29(11-9-27-22)10-8-18-4-2-1-3-5-18/h1-7,16,22,27H,8-15,17H2,(H,28,33)/t22-/m1/s1. The maximum atomic E-state index is 13.1. The highest BCUT2D eigenvalue weighted by molar-refractivity contribution is 6.42. The normalized spacial score (nSPS) is 19.4. The maximum Gasteiger partial charge on any atom is 0.321 e. The predicted molar refractivity (Wildman–Crippen MR) is 132 cm³/mol. The summed E-state index contributed by atoms with van der Waals surface area (Å²) in [7, 11) is 0. The van der Waals surface area contributed by atoms with Gasteiger partial charge in [0.15, 0.2) is 0 Å². The fourth-order valence-electron chi connectivity index (χ4n) is 4.24. The molecule has 0 saturated carbocycles. The minimum atomic E-state index is -0.205. The van der Waals surface area contributed by atoms with Crippen molar-refractivity contribution in [2.24, 2.45) is 0 Å². The first kappa shape index (κ1) is 23.8. The summed E-state index contributed by atoms with van der Waals surface area (Å²) in [5.41, 5.74) is 1.91. The van der Waals surface area contributed by atoms with Crippen molar-refractivity contribution in [1.82, 2.24) is 20.0 Å². The average Bonchev–Trinajstić information content (AvgIpc) is 2.85. The minimum Gasteiger partial charge on any atom is -0.338 e. The molecule has 2 aliphatic heterocycles. The number of hydrogen-bond acceptors (Lipinski definition) is 4. The third-order valence-corrected chi connectivity index (χ3v) is 6.91. The molecule has 33 heavy (non-hydrogen) atoms. The number of anilines is 1. The van der Waals surface area contributed by atoms with Crippen LogP contribution in [0.15, 0.2) is 48.5 Å². The summed E-state index contributed by atoms with van der Waals surface area (Å²) in [4.78, 5) is 31.6. The summed E-state index contributed by atoms with van der Waals surface area (Å²) in [6.07, 6.45) is 0.981. The van der Waals surface area contributed by atoms with Gasteiger partial charge in [0.05, 0.1) is 16.1 Å². The van der Waals surface area contributed by atoms with Gasteiger partial charge in [0.1, 0.15) is 0 Å². The van der Waals surface area contributed by atoms with E-state index >= 15 is 0 Å². The van der Waals surface area contributed by atoms with Crippen LogP contribution in [-0.2, 0) is 11.2 Å². The molecular formula is C24H29Cl2N5O2.